The number of anilines is 1. The number of hydrogen-bond donors (Lipinski definition) is 1. The van der Waals surface area contributed by atoms with Crippen molar-refractivity contribution < 1.29 is 19.1 Å². The minimum atomic E-state index is -0.359. The van der Waals surface area contributed by atoms with Crippen LogP contribution in [0, 0.1) is 11.8 Å². The van der Waals surface area contributed by atoms with Crippen molar-refractivity contribution in [2.24, 2.45) is 0 Å². The first-order valence-electron chi connectivity index (χ1n) is 10.1. The molecular weight excluding hydrogens is 404 g/mol. The molecule has 1 N–H and O–H groups in total. The number of carbonyl (C=O) groups excluding carboxylic acids is 3. The monoisotopic (exact) mass is 424 g/mol. The molecule has 1 aliphatic rings. The largest absolute Gasteiger partial charge is 0.447 e. The maximum atomic E-state index is 12.8. The third kappa shape index (κ3) is 4.68. The number of nitrogens with one attached hydrogen (secondary N) is 1. The van der Waals surface area contributed by atoms with Crippen molar-refractivity contribution in [3.63, 3.8) is 0 Å². The molecule has 6 nitrogen and oxygen atoms in total. The second-order valence-electron chi connectivity index (χ2n) is 7.04. The van der Waals surface area contributed by atoms with Gasteiger partial charge in [0.1, 0.15) is 6.61 Å². The van der Waals surface area contributed by atoms with Gasteiger partial charge in [-0.05, 0) is 30.3 Å². The molecule has 1 heterocycles. The molecule has 0 aromatic heterocycles. The minimum Gasteiger partial charge on any atom is -0.447 e. The van der Waals surface area contributed by atoms with Gasteiger partial charge in [0.15, 0.2) is 5.78 Å². The van der Waals surface area contributed by atoms with Gasteiger partial charge in [0.05, 0.1) is 18.7 Å². The molecule has 3 aromatic carbocycles. The van der Waals surface area contributed by atoms with E-state index in [1.54, 1.807) is 65.6 Å². The number of ether oxygens (including phenoxy) is 1. The van der Waals surface area contributed by atoms with Crippen LogP contribution in [0.2, 0.25) is 0 Å². The summed E-state index contributed by atoms with van der Waals surface area (Å²) in [5.41, 5.74) is 2.70. The second kappa shape index (κ2) is 9.63. The first-order chi connectivity index (χ1) is 15.6. The number of carbonyl (C=O) groups is 3. The van der Waals surface area contributed by atoms with E-state index < -0.39 is 0 Å². The molecule has 158 valence electrons. The average Bonchev–Trinajstić information content (AvgIpc) is 3.28. The maximum Gasteiger partial charge on any atom is 0.414 e. The molecular formula is C26H20N2O4. The summed E-state index contributed by atoms with van der Waals surface area (Å²) >= 11 is 0. The third-order valence-electron chi connectivity index (χ3n) is 4.96. The van der Waals surface area contributed by atoms with Crippen LogP contribution in [0.1, 0.15) is 31.8 Å². The summed E-state index contributed by atoms with van der Waals surface area (Å²) in [6.45, 7) is 1.05. The summed E-state index contributed by atoms with van der Waals surface area (Å²) in [4.78, 5) is 38.6. The highest BCUT2D eigenvalue weighted by molar-refractivity contribution is 6.15. The fourth-order valence-corrected chi connectivity index (χ4v) is 3.34. The van der Waals surface area contributed by atoms with Crippen molar-refractivity contribution in [1.29, 1.82) is 0 Å². The zero-order chi connectivity index (χ0) is 22.3. The lowest BCUT2D eigenvalue weighted by atomic mass is 9.98. The van der Waals surface area contributed by atoms with Gasteiger partial charge in [0, 0.05) is 22.4 Å². The number of hydrogen-bond acceptors (Lipinski definition) is 4. The van der Waals surface area contributed by atoms with Gasteiger partial charge in [-0.15, -0.1) is 0 Å². The molecule has 1 fully saturated rings. The van der Waals surface area contributed by atoms with Crippen molar-refractivity contribution in [3.05, 3.63) is 101 Å². The summed E-state index contributed by atoms with van der Waals surface area (Å²) in [6.07, 6.45) is -0.349. The van der Waals surface area contributed by atoms with Crippen LogP contribution in [0.3, 0.4) is 0 Å². The lowest BCUT2D eigenvalue weighted by Gasteiger charge is -2.12. The Balaban J connectivity index is 1.39. The molecule has 0 bridgehead atoms. The topological polar surface area (TPSA) is 75.7 Å². The van der Waals surface area contributed by atoms with Crippen LogP contribution in [-0.4, -0.2) is 37.5 Å². The molecule has 1 saturated heterocycles. The Morgan fingerprint density at radius 3 is 2.28 bits per heavy atom. The lowest BCUT2D eigenvalue weighted by molar-refractivity contribution is 0.0946. The Bertz CT molecular complexity index is 1210. The Labute approximate surface area is 185 Å². The van der Waals surface area contributed by atoms with Crippen LogP contribution in [0.4, 0.5) is 10.5 Å². The number of amides is 2. The average molecular weight is 424 g/mol. The SMILES string of the molecule is O=C(NCC#Cc1ccc(N2CCOC2=O)cc1)c1ccccc1C(=O)c1ccccc1. The van der Waals surface area contributed by atoms with Crippen LogP contribution in [0.25, 0.3) is 0 Å². The molecule has 0 spiro atoms. The molecule has 0 aliphatic carbocycles. The van der Waals surface area contributed by atoms with E-state index in [9.17, 15) is 14.4 Å². The Morgan fingerprint density at radius 2 is 1.59 bits per heavy atom. The number of ketones is 1. The normalized spacial score (nSPS) is 12.5. The van der Waals surface area contributed by atoms with E-state index in [1.165, 1.54) is 0 Å². The van der Waals surface area contributed by atoms with Crippen LogP contribution in [-0.2, 0) is 4.74 Å². The highest BCUT2D eigenvalue weighted by atomic mass is 16.6. The van der Waals surface area contributed by atoms with E-state index in [4.69, 9.17) is 4.74 Å². The molecule has 4 rings (SSSR count). The van der Waals surface area contributed by atoms with Crippen LogP contribution < -0.4 is 10.2 Å². The minimum absolute atomic E-state index is 0.132. The predicted molar refractivity (Wildman–Crippen MR) is 121 cm³/mol. The van der Waals surface area contributed by atoms with Crippen molar-refractivity contribution >= 4 is 23.5 Å². The highest BCUT2D eigenvalue weighted by Crippen LogP contribution is 2.19. The quantitative estimate of drug-likeness (QED) is 0.501. The zero-order valence-corrected chi connectivity index (χ0v) is 17.2. The summed E-state index contributed by atoms with van der Waals surface area (Å²) in [5.74, 6) is 5.32. The van der Waals surface area contributed by atoms with Crippen molar-refractivity contribution in [3.8, 4) is 11.8 Å². The van der Waals surface area contributed by atoms with Crippen LogP contribution >= 0.6 is 0 Å². The standard InChI is InChI=1S/C26H20N2O4/c29-24(20-8-2-1-3-9-20)22-10-4-5-11-23(22)25(30)27-16-6-7-19-12-14-21(15-13-19)28-17-18-32-26(28)31/h1-5,8-15H,16-18H2,(H,27,30). The number of nitrogens with zero attached hydrogens (tertiary/aromatic N) is 1. The van der Waals surface area contributed by atoms with Gasteiger partial charge >= 0.3 is 6.09 Å². The number of cyclic esters (lactones) is 1. The molecule has 1 aliphatic heterocycles. The van der Waals surface area contributed by atoms with Crippen molar-refractivity contribution in [1.82, 2.24) is 5.32 Å². The van der Waals surface area contributed by atoms with Crippen molar-refractivity contribution in [2.75, 3.05) is 24.6 Å². The summed E-state index contributed by atoms with van der Waals surface area (Å²) < 4.78 is 4.93. The maximum absolute atomic E-state index is 12.8. The molecule has 0 unspecified atom stereocenters. The van der Waals surface area contributed by atoms with E-state index >= 15 is 0 Å². The summed E-state index contributed by atoms with van der Waals surface area (Å²) in [6, 6.07) is 22.8. The number of benzene rings is 3. The smallest absolute Gasteiger partial charge is 0.414 e. The second-order valence-corrected chi connectivity index (χ2v) is 7.04. The molecule has 2 amide bonds. The Kier molecular flexibility index (Phi) is 6.28. The van der Waals surface area contributed by atoms with Gasteiger partial charge < -0.3 is 10.1 Å². The summed E-state index contributed by atoms with van der Waals surface area (Å²) in [5, 5.41) is 2.74. The van der Waals surface area contributed by atoms with E-state index in [0.717, 1.165) is 11.3 Å². The van der Waals surface area contributed by atoms with E-state index in [1.807, 2.05) is 18.2 Å². The van der Waals surface area contributed by atoms with Crippen LogP contribution in [0.5, 0.6) is 0 Å². The Hall–Kier alpha value is -4.37. The predicted octanol–water partition coefficient (Wildman–Crippen LogP) is 3.66. The van der Waals surface area contributed by atoms with E-state index in [2.05, 4.69) is 17.2 Å². The molecule has 0 atom stereocenters. The van der Waals surface area contributed by atoms with Gasteiger partial charge in [-0.2, -0.15) is 0 Å². The van der Waals surface area contributed by atoms with E-state index in [-0.39, 0.29) is 24.3 Å². The fourth-order valence-electron chi connectivity index (χ4n) is 3.34. The van der Waals surface area contributed by atoms with Crippen LogP contribution in [0.15, 0.2) is 78.9 Å². The lowest BCUT2D eigenvalue weighted by Crippen LogP contribution is -2.25. The third-order valence-corrected chi connectivity index (χ3v) is 4.96. The van der Waals surface area contributed by atoms with Gasteiger partial charge in [-0.3, -0.25) is 14.5 Å². The first kappa shape index (κ1) is 20.9. The number of rotatable bonds is 5. The molecule has 32 heavy (non-hydrogen) atoms. The Morgan fingerprint density at radius 1 is 0.906 bits per heavy atom. The highest BCUT2D eigenvalue weighted by Gasteiger charge is 2.23. The van der Waals surface area contributed by atoms with Crippen molar-refractivity contribution in [2.45, 2.75) is 0 Å². The molecule has 6 heteroatoms. The van der Waals surface area contributed by atoms with Gasteiger partial charge in [-0.1, -0.05) is 60.4 Å². The van der Waals surface area contributed by atoms with E-state index in [0.29, 0.717) is 29.8 Å². The summed E-state index contributed by atoms with van der Waals surface area (Å²) in [7, 11) is 0. The van der Waals surface area contributed by atoms with Gasteiger partial charge in [0.25, 0.3) is 5.91 Å². The van der Waals surface area contributed by atoms with Gasteiger partial charge in [0.2, 0.25) is 0 Å². The molecule has 3 aromatic rings. The zero-order valence-electron chi connectivity index (χ0n) is 17.2. The first-order valence-corrected chi connectivity index (χ1v) is 10.1. The molecule has 0 saturated carbocycles. The van der Waals surface area contributed by atoms with Gasteiger partial charge in [-0.25, -0.2) is 4.79 Å². The molecule has 0 radical (unpaired) electrons. The fraction of sp³-hybridized carbons (Fsp3) is 0.115.